The van der Waals surface area contributed by atoms with Gasteiger partial charge in [-0.05, 0) is 31.5 Å². The first kappa shape index (κ1) is 18.0. The number of hydrogen-bond donors (Lipinski definition) is 2. The molecule has 3 rings (SSSR count). The van der Waals surface area contributed by atoms with Crippen molar-refractivity contribution in [1.82, 2.24) is 5.32 Å². The van der Waals surface area contributed by atoms with E-state index < -0.39 is 6.04 Å². The highest BCUT2D eigenvalue weighted by Gasteiger charge is 2.33. The van der Waals surface area contributed by atoms with Crippen LogP contribution in [0, 0.1) is 6.92 Å². The number of nitrogens with two attached hydrogens (primary N) is 1. The number of rotatable bonds is 4. The van der Waals surface area contributed by atoms with E-state index in [9.17, 15) is 9.59 Å². The van der Waals surface area contributed by atoms with Crippen molar-refractivity contribution in [3.63, 3.8) is 0 Å². The van der Waals surface area contributed by atoms with Crippen LogP contribution in [0.1, 0.15) is 28.1 Å². The van der Waals surface area contributed by atoms with Gasteiger partial charge in [0.2, 0.25) is 5.91 Å². The molecule has 0 aliphatic carbocycles. The van der Waals surface area contributed by atoms with Crippen LogP contribution in [0.3, 0.4) is 0 Å². The third kappa shape index (κ3) is 3.60. The van der Waals surface area contributed by atoms with Gasteiger partial charge in [-0.15, -0.1) is 12.4 Å². The fourth-order valence-corrected chi connectivity index (χ4v) is 2.64. The Morgan fingerprint density at radius 2 is 2.08 bits per heavy atom. The summed E-state index contributed by atoms with van der Waals surface area (Å²) in [4.78, 5) is 26.4. The molecule has 1 aliphatic heterocycles. The lowest BCUT2D eigenvalue weighted by Crippen LogP contribution is -2.41. The minimum absolute atomic E-state index is 0. The molecule has 2 heterocycles. The van der Waals surface area contributed by atoms with E-state index in [1.54, 1.807) is 11.0 Å². The number of halogens is 1. The maximum Gasteiger partial charge on any atom is 0.255 e. The van der Waals surface area contributed by atoms with Crippen LogP contribution in [0.2, 0.25) is 0 Å². The summed E-state index contributed by atoms with van der Waals surface area (Å²) in [5, 5.41) is 2.76. The van der Waals surface area contributed by atoms with Gasteiger partial charge in [0.25, 0.3) is 5.91 Å². The molecule has 2 amide bonds. The number of anilines is 1. The minimum Gasteiger partial charge on any atom is -0.467 e. The zero-order valence-electron chi connectivity index (χ0n) is 13.3. The molecule has 128 valence electrons. The van der Waals surface area contributed by atoms with Crippen LogP contribution >= 0.6 is 12.4 Å². The molecule has 0 spiro atoms. The molecule has 0 radical (unpaired) electrons. The Balaban J connectivity index is 0.00000208. The number of aryl methyl sites for hydroxylation is 1. The summed E-state index contributed by atoms with van der Waals surface area (Å²) in [5.41, 5.74) is 7.83. The van der Waals surface area contributed by atoms with E-state index in [1.165, 1.54) is 6.26 Å². The molecular formula is C17H20ClN3O3. The number of furan rings is 1. The second kappa shape index (κ2) is 7.51. The van der Waals surface area contributed by atoms with Crippen molar-refractivity contribution in [2.45, 2.75) is 25.9 Å². The summed E-state index contributed by atoms with van der Waals surface area (Å²) in [6.45, 7) is 2.82. The van der Waals surface area contributed by atoms with Gasteiger partial charge in [-0.25, -0.2) is 0 Å². The van der Waals surface area contributed by atoms with Gasteiger partial charge in [-0.3, -0.25) is 9.59 Å². The van der Waals surface area contributed by atoms with Crippen LogP contribution in [0.5, 0.6) is 0 Å². The average molecular weight is 350 g/mol. The van der Waals surface area contributed by atoms with Crippen molar-refractivity contribution in [1.29, 1.82) is 0 Å². The van der Waals surface area contributed by atoms with Crippen molar-refractivity contribution in [3.8, 4) is 0 Å². The molecule has 2 aromatic rings. The molecule has 3 N–H and O–H groups in total. The van der Waals surface area contributed by atoms with E-state index in [4.69, 9.17) is 10.2 Å². The van der Waals surface area contributed by atoms with E-state index in [0.29, 0.717) is 24.3 Å². The molecule has 1 atom stereocenters. The van der Waals surface area contributed by atoms with E-state index in [-0.39, 0.29) is 30.8 Å². The molecule has 1 aromatic heterocycles. The lowest BCUT2D eigenvalue weighted by molar-refractivity contribution is -0.118. The third-order valence-electron chi connectivity index (χ3n) is 3.97. The molecule has 1 aromatic carbocycles. The average Bonchev–Trinajstić information content (AvgIpc) is 3.16. The van der Waals surface area contributed by atoms with Crippen molar-refractivity contribution in [2.75, 3.05) is 11.4 Å². The third-order valence-corrected chi connectivity index (χ3v) is 3.97. The number of amides is 2. The summed E-state index contributed by atoms with van der Waals surface area (Å²) in [6, 6.07) is 8.84. The number of hydrogen-bond acceptors (Lipinski definition) is 4. The summed E-state index contributed by atoms with van der Waals surface area (Å²) in [7, 11) is 0. The SMILES string of the molecule is Cc1ccc(N2CCC(NC(=O)c3coc(CN)c3)C2=O)cc1.Cl. The summed E-state index contributed by atoms with van der Waals surface area (Å²) >= 11 is 0. The van der Waals surface area contributed by atoms with Crippen LogP contribution in [-0.2, 0) is 11.3 Å². The van der Waals surface area contributed by atoms with Crippen molar-refractivity contribution >= 4 is 29.9 Å². The quantitative estimate of drug-likeness (QED) is 0.883. The highest BCUT2D eigenvalue weighted by molar-refractivity contribution is 6.03. The van der Waals surface area contributed by atoms with Crippen molar-refractivity contribution in [2.24, 2.45) is 5.73 Å². The van der Waals surface area contributed by atoms with Crippen molar-refractivity contribution < 1.29 is 14.0 Å². The second-order valence-electron chi connectivity index (χ2n) is 5.65. The van der Waals surface area contributed by atoms with Crippen LogP contribution in [-0.4, -0.2) is 24.4 Å². The van der Waals surface area contributed by atoms with Crippen molar-refractivity contribution in [3.05, 3.63) is 53.5 Å². The largest absolute Gasteiger partial charge is 0.467 e. The summed E-state index contributed by atoms with van der Waals surface area (Å²) in [5.74, 6) is 0.122. The Morgan fingerprint density at radius 1 is 1.38 bits per heavy atom. The van der Waals surface area contributed by atoms with Gasteiger partial charge in [-0.2, -0.15) is 0 Å². The smallest absolute Gasteiger partial charge is 0.255 e. The lowest BCUT2D eigenvalue weighted by Gasteiger charge is -2.17. The van der Waals surface area contributed by atoms with E-state index in [0.717, 1.165) is 11.3 Å². The van der Waals surface area contributed by atoms with Crippen LogP contribution < -0.4 is 16.0 Å². The molecular weight excluding hydrogens is 330 g/mol. The van der Waals surface area contributed by atoms with E-state index >= 15 is 0 Å². The molecule has 1 aliphatic rings. The standard InChI is InChI=1S/C17H19N3O3.ClH/c1-11-2-4-13(5-3-11)20-7-6-15(17(20)22)19-16(21)12-8-14(9-18)23-10-12;/h2-5,8,10,15H,6-7,9,18H2,1H3,(H,19,21);1H. The molecule has 0 bridgehead atoms. The zero-order chi connectivity index (χ0) is 16.4. The molecule has 1 fully saturated rings. The Hall–Kier alpha value is -2.31. The second-order valence-corrected chi connectivity index (χ2v) is 5.65. The molecule has 6 nitrogen and oxygen atoms in total. The topological polar surface area (TPSA) is 88.6 Å². The minimum atomic E-state index is -0.514. The Labute approximate surface area is 146 Å². The Kier molecular flexibility index (Phi) is 5.64. The first-order valence-corrected chi connectivity index (χ1v) is 7.55. The fourth-order valence-electron chi connectivity index (χ4n) is 2.64. The normalized spacial score (nSPS) is 16.8. The molecule has 1 saturated heterocycles. The predicted octanol–water partition coefficient (Wildman–Crippen LogP) is 2.00. The number of carbonyl (C=O) groups is 2. The maximum atomic E-state index is 12.5. The highest BCUT2D eigenvalue weighted by Crippen LogP contribution is 2.22. The van der Waals surface area contributed by atoms with Crippen LogP contribution in [0.25, 0.3) is 0 Å². The maximum absolute atomic E-state index is 12.5. The monoisotopic (exact) mass is 349 g/mol. The van der Waals surface area contributed by atoms with Crippen LogP contribution in [0.4, 0.5) is 5.69 Å². The summed E-state index contributed by atoms with van der Waals surface area (Å²) in [6.07, 6.45) is 1.94. The van der Waals surface area contributed by atoms with Crippen LogP contribution in [0.15, 0.2) is 41.0 Å². The van der Waals surface area contributed by atoms with Gasteiger partial charge in [0.15, 0.2) is 0 Å². The number of nitrogens with one attached hydrogen (secondary N) is 1. The fraction of sp³-hybridized carbons (Fsp3) is 0.294. The van der Waals surface area contributed by atoms with Gasteiger partial charge in [0, 0.05) is 12.2 Å². The van der Waals surface area contributed by atoms with Gasteiger partial charge < -0.3 is 20.4 Å². The number of benzene rings is 1. The van der Waals surface area contributed by atoms with Gasteiger partial charge in [0.05, 0.1) is 12.1 Å². The number of carbonyl (C=O) groups excluding carboxylic acids is 2. The number of nitrogens with zero attached hydrogens (tertiary/aromatic N) is 1. The molecule has 1 unspecified atom stereocenters. The van der Waals surface area contributed by atoms with Gasteiger partial charge in [0.1, 0.15) is 18.1 Å². The Bertz CT molecular complexity index is 727. The van der Waals surface area contributed by atoms with E-state index in [2.05, 4.69) is 5.32 Å². The van der Waals surface area contributed by atoms with Gasteiger partial charge in [-0.1, -0.05) is 17.7 Å². The molecule has 24 heavy (non-hydrogen) atoms. The lowest BCUT2D eigenvalue weighted by atomic mass is 10.2. The first-order chi connectivity index (χ1) is 11.1. The van der Waals surface area contributed by atoms with Gasteiger partial charge >= 0.3 is 0 Å². The molecule has 0 saturated carbocycles. The highest BCUT2D eigenvalue weighted by atomic mass is 35.5. The zero-order valence-corrected chi connectivity index (χ0v) is 14.1. The first-order valence-electron chi connectivity index (χ1n) is 7.55. The molecule has 7 heteroatoms. The summed E-state index contributed by atoms with van der Waals surface area (Å²) < 4.78 is 5.15. The van der Waals surface area contributed by atoms with E-state index in [1.807, 2.05) is 31.2 Å². The predicted molar refractivity (Wildman–Crippen MR) is 93.3 cm³/mol. The Morgan fingerprint density at radius 3 is 2.71 bits per heavy atom.